The van der Waals surface area contributed by atoms with Crippen LogP contribution in [0.4, 0.5) is 18.9 Å². The summed E-state index contributed by atoms with van der Waals surface area (Å²) in [4.78, 5) is 28.0. The van der Waals surface area contributed by atoms with Gasteiger partial charge in [0.1, 0.15) is 12.6 Å². The number of benzene rings is 2. The van der Waals surface area contributed by atoms with Gasteiger partial charge in [0, 0.05) is 22.6 Å². The monoisotopic (exact) mass is 629 g/mol. The van der Waals surface area contributed by atoms with Gasteiger partial charge in [0.15, 0.2) is 0 Å². The van der Waals surface area contributed by atoms with E-state index in [1.54, 1.807) is 19.9 Å². The predicted molar refractivity (Wildman–Crippen MR) is 148 cm³/mol. The molecular formula is C25H29Cl3F3N3O4S. The van der Waals surface area contributed by atoms with Crippen LogP contribution < -0.4 is 9.62 Å². The number of alkyl halides is 3. The lowest BCUT2D eigenvalue weighted by Crippen LogP contribution is -2.53. The first-order valence-electron chi connectivity index (χ1n) is 11.9. The zero-order chi connectivity index (χ0) is 29.7. The normalized spacial score (nSPS) is 13.5. The van der Waals surface area contributed by atoms with Crippen LogP contribution in [0.1, 0.15) is 44.7 Å². The molecule has 0 aromatic heterocycles. The quantitative estimate of drug-likeness (QED) is 0.323. The third-order valence-corrected chi connectivity index (χ3v) is 8.00. The van der Waals surface area contributed by atoms with Crippen LogP contribution in [0.2, 0.25) is 15.1 Å². The predicted octanol–water partition coefficient (Wildman–Crippen LogP) is 6.15. The van der Waals surface area contributed by atoms with E-state index in [2.05, 4.69) is 5.32 Å². The molecule has 0 radical (unpaired) electrons. The SMILES string of the molecule is CC[C@@H](C)NC(=O)[C@H](CC)N(Cc1ccc(Cl)cc1Cl)C(=O)CN(c1cc(C(F)(F)F)ccc1Cl)S(C)(=O)=O. The van der Waals surface area contributed by atoms with Crippen LogP contribution in [0.5, 0.6) is 0 Å². The van der Waals surface area contributed by atoms with E-state index in [0.717, 1.165) is 17.2 Å². The van der Waals surface area contributed by atoms with E-state index in [-0.39, 0.29) is 29.1 Å². The van der Waals surface area contributed by atoms with Crippen molar-refractivity contribution in [1.82, 2.24) is 10.2 Å². The molecule has 0 heterocycles. The third-order valence-electron chi connectivity index (χ3n) is 5.96. The molecule has 2 aromatic carbocycles. The molecule has 7 nitrogen and oxygen atoms in total. The molecule has 0 saturated heterocycles. The van der Waals surface area contributed by atoms with Gasteiger partial charge in [-0.25, -0.2) is 8.42 Å². The highest BCUT2D eigenvalue weighted by atomic mass is 35.5. The first-order valence-corrected chi connectivity index (χ1v) is 14.9. The van der Waals surface area contributed by atoms with Crippen LogP contribution in [0.25, 0.3) is 0 Å². The minimum atomic E-state index is -4.79. The highest BCUT2D eigenvalue weighted by Gasteiger charge is 2.35. The first kappa shape index (κ1) is 33.0. The van der Waals surface area contributed by atoms with Crippen LogP contribution >= 0.6 is 34.8 Å². The average Bonchev–Trinajstić information content (AvgIpc) is 2.82. The highest BCUT2D eigenvalue weighted by Crippen LogP contribution is 2.36. The summed E-state index contributed by atoms with van der Waals surface area (Å²) in [6.45, 7) is 4.20. The molecule has 0 unspecified atom stereocenters. The van der Waals surface area contributed by atoms with E-state index >= 15 is 0 Å². The third kappa shape index (κ3) is 8.89. The van der Waals surface area contributed by atoms with Gasteiger partial charge in [-0.05, 0) is 55.7 Å². The summed E-state index contributed by atoms with van der Waals surface area (Å²) in [6, 6.07) is 5.46. The highest BCUT2D eigenvalue weighted by molar-refractivity contribution is 7.92. The largest absolute Gasteiger partial charge is 0.416 e. The van der Waals surface area contributed by atoms with Gasteiger partial charge in [0.05, 0.1) is 22.5 Å². The number of nitrogens with one attached hydrogen (secondary N) is 1. The maximum Gasteiger partial charge on any atom is 0.416 e. The van der Waals surface area contributed by atoms with Crippen LogP contribution in [0, 0.1) is 0 Å². The molecule has 0 bridgehead atoms. The zero-order valence-electron chi connectivity index (χ0n) is 21.7. The van der Waals surface area contributed by atoms with Crippen molar-refractivity contribution in [3.8, 4) is 0 Å². The minimum Gasteiger partial charge on any atom is -0.352 e. The molecule has 2 amide bonds. The van der Waals surface area contributed by atoms with Crippen molar-refractivity contribution in [3.05, 3.63) is 62.6 Å². The second kappa shape index (κ2) is 13.4. The molecule has 0 spiro atoms. The van der Waals surface area contributed by atoms with Crippen molar-refractivity contribution in [3.63, 3.8) is 0 Å². The fourth-order valence-electron chi connectivity index (χ4n) is 3.67. The molecular weight excluding hydrogens is 602 g/mol. The molecule has 0 fully saturated rings. The van der Waals surface area contributed by atoms with Gasteiger partial charge in [-0.3, -0.25) is 13.9 Å². The molecule has 2 atom stereocenters. The Morgan fingerprint density at radius 3 is 2.15 bits per heavy atom. The lowest BCUT2D eigenvalue weighted by Gasteiger charge is -2.33. The second-order valence-corrected chi connectivity index (χ2v) is 12.1. The Kier molecular flexibility index (Phi) is 11.4. The number of sulfonamides is 1. The summed E-state index contributed by atoms with van der Waals surface area (Å²) >= 11 is 18.4. The lowest BCUT2D eigenvalue weighted by atomic mass is 10.1. The Morgan fingerprint density at radius 1 is 1.00 bits per heavy atom. The van der Waals surface area contributed by atoms with E-state index in [1.807, 2.05) is 6.92 Å². The number of hydrogen-bond donors (Lipinski definition) is 1. The maximum atomic E-state index is 13.7. The van der Waals surface area contributed by atoms with Gasteiger partial charge in [0.2, 0.25) is 21.8 Å². The lowest BCUT2D eigenvalue weighted by molar-refractivity contribution is -0.140. The second-order valence-electron chi connectivity index (χ2n) is 8.93. The number of hydrogen-bond acceptors (Lipinski definition) is 4. The summed E-state index contributed by atoms with van der Waals surface area (Å²) < 4.78 is 66.1. The minimum absolute atomic E-state index is 0.155. The fourth-order valence-corrected chi connectivity index (χ4v) is 5.26. The van der Waals surface area contributed by atoms with Crippen molar-refractivity contribution < 1.29 is 31.2 Å². The first-order chi connectivity index (χ1) is 18.0. The number of anilines is 1. The molecule has 0 saturated carbocycles. The van der Waals surface area contributed by atoms with Gasteiger partial charge >= 0.3 is 6.18 Å². The van der Waals surface area contributed by atoms with Crippen LogP contribution in [-0.4, -0.2) is 50.0 Å². The van der Waals surface area contributed by atoms with E-state index in [4.69, 9.17) is 34.8 Å². The number of nitrogens with zero attached hydrogens (tertiary/aromatic N) is 2. The molecule has 1 N–H and O–H groups in total. The maximum absolute atomic E-state index is 13.7. The van der Waals surface area contributed by atoms with Crippen molar-refractivity contribution in [2.45, 2.75) is 58.4 Å². The number of rotatable bonds is 11. The van der Waals surface area contributed by atoms with Gasteiger partial charge < -0.3 is 10.2 Å². The van der Waals surface area contributed by atoms with E-state index < -0.39 is 51.9 Å². The van der Waals surface area contributed by atoms with Crippen LogP contribution in [-0.2, 0) is 32.3 Å². The molecule has 14 heteroatoms. The Balaban J connectivity index is 2.58. The number of amides is 2. The number of halogens is 6. The van der Waals surface area contributed by atoms with Crippen molar-refractivity contribution in [1.29, 1.82) is 0 Å². The summed E-state index contributed by atoms with van der Waals surface area (Å²) in [5.74, 6) is -1.33. The Labute approximate surface area is 241 Å². The fraction of sp³-hybridized carbons (Fsp3) is 0.440. The molecule has 0 aliphatic heterocycles. The summed E-state index contributed by atoms with van der Waals surface area (Å²) in [6.07, 6.45) is -3.27. The molecule has 0 aliphatic carbocycles. The molecule has 39 heavy (non-hydrogen) atoms. The number of carbonyl (C=O) groups excluding carboxylic acids is 2. The molecule has 0 aliphatic rings. The molecule has 216 valence electrons. The van der Waals surface area contributed by atoms with E-state index in [0.29, 0.717) is 33.4 Å². The standard InChI is InChI=1S/C25H29Cl3F3N3O4S/c1-5-15(3)32-24(36)21(6-2)33(13-16-7-9-18(26)12-20(16)28)23(35)14-34(39(4,37)38)22-11-17(25(29,30)31)8-10-19(22)27/h7-12,15,21H,5-6,13-14H2,1-4H3,(H,32,36)/t15-,21+/m1/s1. The Hall–Kier alpha value is -2.21. The van der Waals surface area contributed by atoms with Crippen molar-refractivity contribution >= 4 is 62.3 Å². The molecule has 2 aromatic rings. The average molecular weight is 631 g/mol. The van der Waals surface area contributed by atoms with Crippen molar-refractivity contribution in [2.75, 3.05) is 17.1 Å². The Morgan fingerprint density at radius 2 is 1.64 bits per heavy atom. The van der Waals surface area contributed by atoms with Crippen molar-refractivity contribution in [2.24, 2.45) is 0 Å². The molecule has 2 rings (SSSR count). The summed E-state index contributed by atoms with van der Waals surface area (Å²) in [5, 5.41) is 3.04. The Bertz CT molecular complexity index is 1310. The topological polar surface area (TPSA) is 86.8 Å². The van der Waals surface area contributed by atoms with Gasteiger partial charge in [-0.1, -0.05) is 54.7 Å². The van der Waals surface area contributed by atoms with Gasteiger partial charge in [-0.15, -0.1) is 0 Å². The van der Waals surface area contributed by atoms with E-state index in [1.165, 1.54) is 12.1 Å². The van der Waals surface area contributed by atoms with E-state index in [9.17, 15) is 31.2 Å². The van der Waals surface area contributed by atoms with Gasteiger partial charge in [0.25, 0.3) is 0 Å². The van der Waals surface area contributed by atoms with Gasteiger partial charge in [-0.2, -0.15) is 13.2 Å². The smallest absolute Gasteiger partial charge is 0.352 e. The van der Waals surface area contributed by atoms with Crippen LogP contribution in [0.3, 0.4) is 0 Å². The number of carbonyl (C=O) groups is 2. The van der Waals surface area contributed by atoms with Crippen LogP contribution in [0.15, 0.2) is 36.4 Å². The zero-order valence-corrected chi connectivity index (χ0v) is 24.7. The summed E-state index contributed by atoms with van der Waals surface area (Å²) in [5.41, 5.74) is -1.25. The summed E-state index contributed by atoms with van der Waals surface area (Å²) in [7, 11) is -4.30.